The summed E-state index contributed by atoms with van der Waals surface area (Å²) in [5.41, 5.74) is -0.335. The average molecular weight is 308 g/mol. The van der Waals surface area contributed by atoms with Crippen LogP contribution in [0.4, 0.5) is 0 Å². The minimum Gasteiger partial charge on any atom is -0.383 e. The number of benzene rings is 1. The van der Waals surface area contributed by atoms with Gasteiger partial charge in [-0.25, -0.2) is 0 Å². The Morgan fingerprint density at radius 1 is 1.11 bits per heavy atom. The molecule has 1 aromatic carbocycles. The first-order valence-electron chi connectivity index (χ1n) is 5.32. The minimum atomic E-state index is -4.38. The van der Waals surface area contributed by atoms with Crippen LogP contribution in [0.25, 0.3) is 0 Å². The molecule has 6 nitrogen and oxygen atoms in total. The van der Waals surface area contributed by atoms with E-state index in [9.17, 15) is 16.8 Å². The van der Waals surface area contributed by atoms with Gasteiger partial charge in [0.05, 0.1) is 11.2 Å². The van der Waals surface area contributed by atoms with Crippen LogP contribution in [-0.4, -0.2) is 27.6 Å². The fraction of sp³-hybridized carbons (Fsp3) is 0.455. The Hall–Kier alpha value is -1.12. The Balaban J connectivity index is 3.49. The first-order chi connectivity index (χ1) is 8.31. The van der Waals surface area contributed by atoms with Crippen molar-refractivity contribution in [3.63, 3.8) is 0 Å². The molecule has 0 amide bonds. The third kappa shape index (κ3) is 4.48. The van der Waals surface area contributed by atoms with E-state index in [4.69, 9.17) is 8.74 Å². The van der Waals surface area contributed by atoms with Crippen molar-refractivity contribution in [1.82, 2.24) is 0 Å². The summed E-state index contributed by atoms with van der Waals surface area (Å²) in [5, 5.41) is 0. The zero-order valence-corrected chi connectivity index (χ0v) is 12.7. The number of hydrogen-bond donors (Lipinski definition) is 1. The smallest absolute Gasteiger partial charge is 0.306 e. The van der Waals surface area contributed by atoms with Gasteiger partial charge in [-0.05, 0) is 29.2 Å². The molecule has 0 aromatic heterocycles. The van der Waals surface area contributed by atoms with Crippen LogP contribution in [0.3, 0.4) is 0 Å². The summed E-state index contributed by atoms with van der Waals surface area (Å²) < 4.78 is 58.6. The minimum absolute atomic E-state index is 0.000162. The lowest BCUT2D eigenvalue weighted by atomic mass is 9.87. The van der Waals surface area contributed by atoms with Gasteiger partial charge in [-0.1, -0.05) is 20.8 Å². The van der Waals surface area contributed by atoms with Crippen molar-refractivity contribution in [2.75, 3.05) is 6.26 Å². The molecule has 0 heterocycles. The highest BCUT2D eigenvalue weighted by Gasteiger charge is 2.25. The second-order valence-electron chi connectivity index (χ2n) is 5.17. The van der Waals surface area contributed by atoms with Crippen LogP contribution in [0.5, 0.6) is 5.75 Å². The van der Waals surface area contributed by atoms with E-state index in [0.717, 1.165) is 12.3 Å². The van der Waals surface area contributed by atoms with Crippen molar-refractivity contribution in [3.8, 4) is 5.75 Å². The zero-order chi connectivity index (χ0) is 15.1. The lowest BCUT2D eigenvalue weighted by Gasteiger charge is -2.22. The summed E-state index contributed by atoms with van der Waals surface area (Å²) >= 11 is 0. The average Bonchev–Trinajstić information content (AvgIpc) is 2.11. The predicted octanol–water partition coefficient (Wildman–Crippen LogP) is 1.57. The molecule has 108 valence electrons. The number of rotatable bonds is 3. The Labute approximate surface area is 113 Å². The molecule has 0 radical (unpaired) electrons. The molecule has 8 heteroatoms. The summed E-state index contributed by atoms with van der Waals surface area (Å²) in [4.78, 5) is -0.263. The van der Waals surface area contributed by atoms with Crippen LogP contribution in [0, 0.1) is 0 Å². The van der Waals surface area contributed by atoms with E-state index in [2.05, 4.69) is 0 Å². The van der Waals surface area contributed by atoms with E-state index in [0.29, 0.717) is 0 Å². The first-order valence-corrected chi connectivity index (χ1v) is 8.58. The highest BCUT2D eigenvalue weighted by molar-refractivity contribution is 7.86. The summed E-state index contributed by atoms with van der Waals surface area (Å²) in [6.07, 6.45) is 0.889. The monoisotopic (exact) mass is 308 g/mol. The van der Waals surface area contributed by atoms with Gasteiger partial charge in [0.15, 0.2) is 0 Å². The third-order valence-electron chi connectivity index (χ3n) is 2.28. The maximum Gasteiger partial charge on any atom is 0.306 e. The Kier molecular flexibility index (Phi) is 4.00. The summed E-state index contributed by atoms with van der Waals surface area (Å²) in [5.74, 6) is -0.000162. The van der Waals surface area contributed by atoms with Crippen LogP contribution in [-0.2, 0) is 25.7 Å². The van der Waals surface area contributed by atoms with Gasteiger partial charge < -0.3 is 4.18 Å². The van der Waals surface area contributed by atoms with Gasteiger partial charge in [0.2, 0.25) is 0 Å². The van der Waals surface area contributed by atoms with Crippen molar-refractivity contribution in [3.05, 3.63) is 23.8 Å². The molecule has 0 saturated carbocycles. The van der Waals surface area contributed by atoms with E-state index in [1.165, 1.54) is 12.1 Å². The molecule has 0 aliphatic carbocycles. The molecule has 1 N–H and O–H groups in total. The topological polar surface area (TPSA) is 97.7 Å². The normalized spacial score (nSPS) is 13.3. The molecule has 0 aliphatic rings. The Morgan fingerprint density at radius 2 is 1.63 bits per heavy atom. The second kappa shape index (κ2) is 4.77. The van der Waals surface area contributed by atoms with Gasteiger partial charge >= 0.3 is 10.1 Å². The summed E-state index contributed by atoms with van der Waals surface area (Å²) in [6, 6.07) is 3.60. The van der Waals surface area contributed by atoms with Gasteiger partial charge in [-0.3, -0.25) is 4.55 Å². The molecule has 0 fully saturated rings. The van der Waals surface area contributed by atoms with Crippen molar-refractivity contribution < 1.29 is 25.6 Å². The molecular formula is C11H16O6S2. The Morgan fingerprint density at radius 3 is 2.00 bits per heavy atom. The molecule has 0 spiro atoms. The largest absolute Gasteiger partial charge is 0.383 e. The van der Waals surface area contributed by atoms with Crippen LogP contribution in [0.2, 0.25) is 0 Å². The second-order valence-corrected chi connectivity index (χ2v) is 8.14. The fourth-order valence-electron chi connectivity index (χ4n) is 1.55. The lowest BCUT2D eigenvalue weighted by molar-refractivity contribution is 0.474. The lowest BCUT2D eigenvalue weighted by Crippen LogP contribution is -2.17. The van der Waals surface area contributed by atoms with Crippen LogP contribution in [0.15, 0.2) is 23.1 Å². The van der Waals surface area contributed by atoms with Crippen LogP contribution >= 0.6 is 0 Å². The SMILES string of the molecule is CC(C)(C)c1cc(OS(C)(=O)=O)ccc1S(=O)(=O)O. The van der Waals surface area contributed by atoms with E-state index in [-0.39, 0.29) is 16.2 Å². The molecule has 1 rings (SSSR count). The number of hydrogen-bond acceptors (Lipinski definition) is 5. The van der Waals surface area contributed by atoms with Crippen molar-refractivity contribution in [1.29, 1.82) is 0 Å². The maximum absolute atomic E-state index is 11.3. The molecule has 19 heavy (non-hydrogen) atoms. The van der Waals surface area contributed by atoms with Crippen molar-refractivity contribution >= 4 is 20.2 Å². The maximum atomic E-state index is 11.3. The fourth-order valence-corrected chi connectivity index (χ4v) is 2.88. The van der Waals surface area contributed by atoms with Crippen molar-refractivity contribution in [2.24, 2.45) is 0 Å². The predicted molar refractivity (Wildman–Crippen MR) is 70.4 cm³/mol. The first kappa shape index (κ1) is 15.9. The molecular weight excluding hydrogens is 292 g/mol. The highest BCUT2D eigenvalue weighted by Crippen LogP contribution is 2.32. The standard InChI is InChI=1S/C11H16O6S2/c1-11(2,3)9-7-8(17-18(4,12)13)5-6-10(9)19(14,15)16/h5-7H,1-4H3,(H,14,15,16). The molecule has 0 unspecified atom stereocenters. The van der Waals surface area contributed by atoms with Gasteiger partial charge in [0.1, 0.15) is 5.75 Å². The van der Waals surface area contributed by atoms with Gasteiger partial charge in [0, 0.05) is 0 Å². The molecule has 0 saturated heterocycles. The van der Waals surface area contributed by atoms with E-state index >= 15 is 0 Å². The molecule has 0 atom stereocenters. The molecule has 1 aromatic rings. The zero-order valence-electron chi connectivity index (χ0n) is 11.0. The molecule has 0 aliphatic heterocycles. The van der Waals surface area contributed by atoms with Crippen molar-refractivity contribution in [2.45, 2.75) is 31.1 Å². The summed E-state index contributed by atoms with van der Waals surface area (Å²) in [7, 11) is -8.08. The third-order valence-corrected chi connectivity index (χ3v) is 3.69. The highest BCUT2D eigenvalue weighted by atomic mass is 32.2. The quantitative estimate of drug-likeness (QED) is 0.672. The van der Waals surface area contributed by atoms with Crippen LogP contribution in [0.1, 0.15) is 26.3 Å². The van der Waals surface area contributed by atoms with E-state index in [1.54, 1.807) is 20.8 Å². The summed E-state index contributed by atoms with van der Waals surface area (Å²) in [6.45, 7) is 5.21. The van der Waals surface area contributed by atoms with E-state index in [1.807, 2.05) is 0 Å². The van der Waals surface area contributed by atoms with E-state index < -0.39 is 25.7 Å². The molecule has 0 bridgehead atoms. The van der Waals surface area contributed by atoms with Crippen LogP contribution < -0.4 is 4.18 Å². The Bertz CT molecular complexity index is 680. The van der Waals surface area contributed by atoms with Gasteiger partial charge in [-0.2, -0.15) is 16.8 Å². The van der Waals surface area contributed by atoms with Gasteiger partial charge in [0.25, 0.3) is 10.1 Å². The van der Waals surface area contributed by atoms with Gasteiger partial charge in [-0.15, -0.1) is 0 Å².